The van der Waals surface area contributed by atoms with Crippen LogP contribution in [0.15, 0.2) is 29.3 Å². The third kappa shape index (κ3) is 7.19. The normalized spacial score (nSPS) is 19.0. The summed E-state index contributed by atoms with van der Waals surface area (Å²) in [6.45, 7) is 3.63. The van der Waals surface area contributed by atoms with E-state index in [1.165, 1.54) is 11.0 Å². The Morgan fingerprint density at radius 2 is 2.04 bits per heavy atom. The van der Waals surface area contributed by atoms with Gasteiger partial charge < -0.3 is 10.6 Å². The van der Waals surface area contributed by atoms with Crippen LogP contribution >= 0.6 is 0 Å². The SMILES string of the molecule is CCNC(=NCC1CCN(CC(F)(F)F)C1)NCCc1ccccc1F. The molecule has 1 heterocycles. The van der Waals surface area contributed by atoms with Crippen LogP contribution in [0.2, 0.25) is 0 Å². The first-order valence-electron chi connectivity index (χ1n) is 8.92. The summed E-state index contributed by atoms with van der Waals surface area (Å²) >= 11 is 0. The molecule has 0 spiro atoms. The number of halogens is 4. The summed E-state index contributed by atoms with van der Waals surface area (Å²) < 4.78 is 50.9. The van der Waals surface area contributed by atoms with Gasteiger partial charge in [0.15, 0.2) is 5.96 Å². The van der Waals surface area contributed by atoms with Gasteiger partial charge in [-0.25, -0.2) is 4.39 Å². The van der Waals surface area contributed by atoms with Crippen molar-refractivity contribution in [1.29, 1.82) is 0 Å². The van der Waals surface area contributed by atoms with Gasteiger partial charge in [-0.3, -0.25) is 9.89 Å². The minimum Gasteiger partial charge on any atom is -0.357 e. The molecule has 0 aliphatic carbocycles. The van der Waals surface area contributed by atoms with E-state index in [4.69, 9.17) is 0 Å². The van der Waals surface area contributed by atoms with E-state index in [0.717, 1.165) is 0 Å². The molecule has 0 bridgehead atoms. The van der Waals surface area contributed by atoms with Crippen molar-refractivity contribution in [3.8, 4) is 0 Å². The van der Waals surface area contributed by atoms with E-state index in [1.807, 2.05) is 6.92 Å². The molecule has 146 valence electrons. The topological polar surface area (TPSA) is 39.7 Å². The predicted octanol–water partition coefficient (Wildman–Crippen LogP) is 2.81. The molecule has 1 aliphatic rings. The molecule has 1 fully saturated rings. The molecule has 2 rings (SSSR count). The highest BCUT2D eigenvalue weighted by atomic mass is 19.4. The number of hydrogen-bond donors (Lipinski definition) is 2. The Bertz CT molecular complexity index is 589. The van der Waals surface area contributed by atoms with Gasteiger partial charge >= 0.3 is 6.18 Å². The van der Waals surface area contributed by atoms with Gasteiger partial charge in [0.05, 0.1) is 6.54 Å². The molecule has 1 aromatic rings. The molecule has 2 N–H and O–H groups in total. The number of guanidine groups is 1. The van der Waals surface area contributed by atoms with Gasteiger partial charge in [-0.15, -0.1) is 0 Å². The Balaban J connectivity index is 1.78. The van der Waals surface area contributed by atoms with Crippen LogP contribution in [0.4, 0.5) is 17.6 Å². The number of benzene rings is 1. The molecule has 1 atom stereocenters. The first kappa shape index (κ1) is 20.5. The summed E-state index contributed by atoms with van der Waals surface area (Å²) in [5.41, 5.74) is 0.634. The monoisotopic (exact) mass is 374 g/mol. The van der Waals surface area contributed by atoms with Crippen LogP contribution in [0, 0.1) is 11.7 Å². The lowest BCUT2D eigenvalue weighted by Crippen LogP contribution is -2.39. The molecule has 0 amide bonds. The Morgan fingerprint density at radius 1 is 1.27 bits per heavy atom. The van der Waals surface area contributed by atoms with Crippen molar-refractivity contribution in [2.45, 2.75) is 25.9 Å². The maximum atomic E-state index is 13.6. The van der Waals surface area contributed by atoms with Crippen molar-refractivity contribution in [3.05, 3.63) is 35.6 Å². The molecule has 1 unspecified atom stereocenters. The van der Waals surface area contributed by atoms with Gasteiger partial charge in [-0.05, 0) is 43.9 Å². The highest BCUT2D eigenvalue weighted by Crippen LogP contribution is 2.22. The maximum Gasteiger partial charge on any atom is 0.401 e. The third-order valence-electron chi connectivity index (χ3n) is 4.27. The number of aliphatic imine (C=N–C) groups is 1. The maximum absolute atomic E-state index is 13.6. The number of nitrogens with zero attached hydrogens (tertiary/aromatic N) is 2. The standard InChI is InChI=1S/C18H26F4N4/c1-2-23-17(24-9-7-15-5-3-4-6-16(15)19)25-11-14-8-10-26(12-14)13-18(20,21)22/h3-6,14H,2,7-13H2,1H3,(H2,23,24,25). The van der Waals surface area contributed by atoms with Crippen LogP contribution < -0.4 is 10.6 Å². The lowest BCUT2D eigenvalue weighted by atomic mass is 10.1. The van der Waals surface area contributed by atoms with E-state index in [0.29, 0.717) is 57.1 Å². The number of likely N-dealkylation sites (tertiary alicyclic amines) is 1. The molecule has 26 heavy (non-hydrogen) atoms. The minimum atomic E-state index is -4.15. The van der Waals surface area contributed by atoms with E-state index >= 15 is 0 Å². The van der Waals surface area contributed by atoms with E-state index in [1.54, 1.807) is 18.2 Å². The molecule has 1 aliphatic heterocycles. The third-order valence-corrected chi connectivity index (χ3v) is 4.27. The second kappa shape index (κ2) is 9.75. The predicted molar refractivity (Wildman–Crippen MR) is 94.7 cm³/mol. The molecule has 0 saturated carbocycles. The van der Waals surface area contributed by atoms with Crippen LogP contribution in [-0.4, -0.2) is 56.3 Å². The first-order valence-corrected chi connectivity index (χ1v) is 8.92. The summed E-state index contributed by atoms with van der Waals surface area (Å²) in [7, 11) is 0. The van der Waals surface area contributed by atoms with Crippen molar-refractivity contribution < 1.29 is 17.6 Å². The van der Waals surface area contributed by atoms with Crippen LogP contribution in [0.25, 0.3) is 0 Å². The highest BCUT2D eigenvalue weighted by molar-refractivity contribution is 5.79. The Kier molecular flexibility index (Phi) is 7.68. The zero-order chi connectivity index (χ0) is 19.0. The van der Waals surface area contributed by atoms with E-state index < -0.39 is 12.7 Å². The van der Waals surface area contributed by atoms with Crippen LogP contribution in [-0.2, 0) is 6.42 Å². The number of hydrogen-bond acceptors (Lipinski definition) is 2. The van der Waals surface area contributed by atoms with E-state index in [2.05, 4.69) is 15.6 Å². The van der Waals surface area contributed by atoms with Crippen LogP contribution in [0.1, 0.15) is 18.9 Å². The fourth-order valence-electron chi connectivity index (χ4n) is 3.04. The molecule has 4 nitrogen and oxygen atoms in total. The van der Waals surface area contributed by atoms with Crippen molar-refractivity contribution in [3.63, 3.8) is 0 Å². The zero-order valence-electron chi connectivity index (χ0n) is 14.9. The lowest BCUT2D eigenvalue weighted by molar-refractivity contribution is -0.143. The number of rotatable bonds is 7. The van der Waals surface area contributed by atoms with Crippen molar-refractivity contribution in [2.75, 3.05) is 39.3 Å². The molecular formula is C18H26F4N4. The van der Waals surface area contributed by atoms with Crippen LogP contribution in [0.3, 0.4) is 0 Å². The van der Waals surface area contributed by atoms with Gasteiger partial charge in [-0.1, -0.05) is 18.2 Å². The molecule has 8 heteroatoms. The molecule has 0 radical (unpaired) electrons. The van der Waals surface area contributed by atoms with Crippen LogP contribution in [0.5, 0.6) is 0 Å². The fraction of sp³-hybridized carbons (Fsp3) is 0.611. The van der Waals surface area contributed by atoms with Crippen molar-refractivity contribution in [1.82, 2.24) is 15.5 Å². The van der Waals surface area contributed by atoms with E-state index in [-0.39, 0.29) is 11.7 Å². The largest absolute Gasteiger partial charge is 0.401 e. The van der Waals surface area contributed by atoms with Gasteiger partial charge in [0.2, 0.25) is 0 Å². The summed E-state index contributed by atoms with van der Waals surface area (Å²) in [4.78, 5) is 5.90. The van der Waals surface area contributed by atoms with Crippen molar-refractivity contribution >= 4 is 5.96 Å². The van der Waals surface area contributed by atoms with E-state index in [9.17, 15) is 17.6 Å². The molecular weight excluding hydrogens is 348 g/mol. The molecule has 1 aromatic carbocycles. The summed E-state index contributed by atoms with van der Waals surface area (Å²) in [6.07, 6.45) is -2.91. The Hall–Kier alpha value is -1.83. The van der Waals surface area contributed by atoms with Gasteiger partial charge in [0.1, 0.15) is 5.82 Å². The van der Waals surface area contributed by atoms with Gasteiger partial charge in [0.25, 0.3) is 0 Å². The summed E-state index contributed by atoms with van der Waals surface area (Å²) in [6, 6.07) is 6.63. The summed E-state index contributed by atoms with van der Waals surface area (Å²) in [5, 5.41) is 6.26. The average molecular weight is 374 g/mol. The first-order chi connectivity index (χ1) is 12.4. The summed E-state index contributed by atoms with van der Waals surface area (Å²) in [5.74, 6) is 0.504. The zero-order valence-corrected chi connectivity index (χ0v) is 14.9. The second-order valence-corrected chi connectivity index (χ2v) is 6.49. The quantitative estimate of drug-likeness (QED) is 0.438. The number of nitrogens with one attached hydrogen (secondary N) is 2. The molecule has 0 aromatic heterocycles. The minimum absolute atomic E-state index is 0.124. The second-order valence-electron chi connectivity index (χ2n) is 6.49. The molecule has 1 saturated heterocycles. The van der Waals surface area contributed by atoms with Crippen molar-refractivity contribution in [2.24, 2.45) is 10.9 Å². The highest BCUT2D eigenvalue weighted by Gasteiger charge is 2.34. The number of alkyl halides is 3. The fourth-order valence-corrected chi connectivity index (χ4v) is 3.04. The Labute approximate surface area is 151 Å². The van der Waals surface area contributed by atoms with Gasteiger partial charge in [-0.2, -0.15) is 13.2 Å². The lowest BCUT2D eigenvalue weighted by Gasteiger charge is -2.17. The Morgan fingerprint density at radius 3 is 2.73 bits per heavy atom. The smallest absolute Gasteiger partial charge is 0.357 e. The average Bonchev–Trinajstić information content (AvgIpc) is 3.00. The van der Waals surface area contributed by atoms with Gasteiger partial charge in [0, 0.05) is 26.2 Å².